The third kappa shape index (κ3) is 24.6. The van der Waals surface area contributed by atoms with Crippen molar-refractivity contribution in [1.82, 2.24) is 0 Å². The Kier molecular flexibility index (Phi) is 14.5. The zero-order valence-electron chi connectivity index (χ0n) is 13.4. The highest BCUT2D eigenvalue weighted by molar-refractivity contribution is 7.94. The first-order chi connectivity index (χ1) is 8.04. The van der Waals surface area contributed by atoms with Gasteiger partial charge in [0.05, 0.1) is 5.75 Å². The summed E-state index contributed by atoms with van der Waals surface area (Å²) in [6.45, 7) is 19.5. The van der Waals surface area contributed by atoms with Crippen LogP contribution in [0.1, 0.15) is 55.4 Å². The SMILES string of the molecule is C/C=C/C(C)(C)C.C=CS(=O)(=O)CC(C)C.CC. The van der Waals surface area contributed by atoms with Gasteiger partial charge in [0.2, 0.25) is 0 Å². The average molecular weight is 276 g/mol. The van der Waals surface area contributed by atoms with Crippen molar-refractivity contribution in [1.29, 1.82) is 0 Å². The summed E-state index contributed by atoms with van der Waals surface area (Å²) in [4.78, 5) is 0. The van der Waals surface area contributed by atoms with Crippen LogP contribution in [-0.2, 0) is 9.84 Å². The largest absolute Gasteiger partial charge is 0.224 e. The Hall–Kier alpha value is -0.570. The van der Waals surface area contributed by atoms with E-state index in [2.05, 4.69) is 39.5 Å². The molecule has 3 heteroatoms. The minimum atomic E-state index is -2.95. The molecular weight excluding hydrogens is 244 g/mol. The summed E-state index contributed by atoms with van der Waals surface area (Å²) >= 11 is 0. The van der Waals surface area contributed by atoms with E-state index in [1.165, 1.54) is 0 Å². The van der Waals surface area contributed by atoms with E-state index in [1.54, 1.807) is 0 Å². The second-order valence-corrected chi connectivity index (χ2v) is 7.25. The molecule has 0 fully saturated rings. The molecule has 0 aliphatic rings. The molecular formula is C15H32O2S. The Morgan fingerprint density at radius 1 is 1.17 bits per heavy atom. The first kappa shape index (κ1) is 22.6. The van der Waals surface area contributed by atoms with Gasteiger partial charge in [0, 0.05) is 5.41 Å². The second kappa shape index (κ2) is 11.5. The highest BCUT2D eigenvalue weighted by Crippen LogP contribution is 2.13. The molecule has 0 aromatic carbocycles. The van der Waals surface area contributed by atoms with Gasteiger partial charge >= 0.3 is 0 Å². The Morgan fingerprint density at radius 2 is 1.56 bits per heavy atom. The van der Waals surface area contributed by atoms with Gasteiger partial charge in [-0.25, -0.2) is 8.42 Å². The van der Waals surface area contributed by atoms with Crippen LogP contribution in [0.25, 0.3) is 0 Å². The monoisotopic (exact) mass is 276 g/mol. The molecule has 0 aliphatic heterocycles. The summed E-state index contributed by atoms with van der Waals surface area (Å²) in [5, 5.41) is 1.01. The van der Waals surface area contributed by atoms with Gasteiger partial charge in [-0.3, -0.25) is 0 Å². The van der Waals surface area contributed by atoms with Crippen molar-refractivity contribution in [3.63, 3.8) is 0 Å². The minimum absolute atomic E-state index is 0.188. The fourth-order valence-corrected chi connectivity index (χ4v) is 2.10. The molecule has 0 aliphatic carbocycles. The Balaban J connectivity index is -0.000000225. The van der Waals surface area contributed by atoms with Crippen LogP contribution in [0.5, 0.6) is 0 Å². The van der Waals surface area contributed by atoms with E-state index >= 15 is 0 Å². The normalized spacial score (nSPS) is 11.4. The fourth-order valence-electron chi connectivity index (χ4n) is 1.03. The van der Waals surface area contributed by atoms with Gasteiger partial charge < -0.3 is 0 Å². The molecule has 0 spiro atoms. The summed E-state index contributed by atoms with van der Waals surface area (Å²) in [6, 6.07) is 0. The van der Waals surface area contributed by atoms with Crippen LogP contribution >= 0.6 is 0 Å². The lowest BCUT2D eigenvalue weighted by molar-refractivity contribution is 0.543. The standard InChI is InChI=1S/C7H14.C6H12O2S.C2H6/c1-5-6-7(2,3)4;1-4-9(7,8)5-6(2)3;1-2/h5-6H,1-4H3;4,6H,1,5H2,2-3H3;1-2H3/b6-5+;;. The van der Waals surface area contributed by atoms with Crippen molar-refractivity contribution >= 4 is 9.84 Å². The summed E-state index contributed by atoms with van der Waals surface area (Å²) in [6.07, 6.45) is 4.27. The smallest absolute Gasteiger partial charge is 0.171 e. The van der Waals surface area contributed by atoms with E-state index in [9.17, 15) is 8.42 Å². The average Bonchev–Trinajstić information content (AvgIpc) is 2.18. The molecule has 0 bridgehead atoms. The summed E-state index contributed by atoms with van der Waals surface area (Å²) in [5.74, 6) is 0.393. The zero-order chi connectivity index (χ0) is 15.4. The topological polar surface area (TPSA) is 34.1 Å². The summed E-state index contributed by atoms with van der Waals surface area (Å²) in [7, 11) is -2.95. The van der Waals surface area contributed by atoms with Crippen LogP contribution in [0.3, 0.4) is 0 Å². The van der Waals surface area contributed by atoms with Crippen LogP contribution in [0.4, 0.5) is 0 Å². The molecule has 0 aromatic rings. The van der Waals surface area contributed by atoms with Crippen LogP contribution < -0.4 is 0 Å². The lowest BCUT2D eigenvalue weighted by Crippen LogP contribution is -2.07. The van der Waals surface area contributed by atoms with Gasteiger partial charge in [-0.1, -0.05) is 67.2 Å². The molecule has 0 saturated carbocycles. The summed E-state index contributed by atoms with van der Waals surface area (Å²) in [5.41, 5.74) is 0.370. The minimum Gasteiger partial charge on any atom is -0.224 e. The van der Waals surface area contributed by atoms with Crippen LogP contribution in [0.2, 0.25) is 0 Å². The molecule has 0 radical (unpaired) electrons. The molecule has 18 heavy (non-hydrogen) atoms. The quantitative estimate of drug-likeness (QED) is 0.691. The number of rotatable bonds is 3. The lowest BCUT2D eigenvalue weighted by atomic mass is 9.97. The molecule has 0 unspecified atom stereocenters. The highest BCUT2D eigenvalue weighted by atomic mass is 32.2. The van der Waals surface area contributed by atoms with E-state index in [0.29, 0.717) is 5.41 Å². The van der Waals surface area contributed by atoms with E-state index in [4.69, 9.17) is 0 Å². The number of hydrogen-bond acceptors (Lipinski definition) is 2. The molecule has 110 valence electrons. The predicted octanol–water partition coefficient (Wildman–Crippen LogP) is 4.84. The molecule has 0 heterocycles. The number of allylic oxidation sites excluding steroid dienone is 2. The first-order valence-electron chi connectivity index (χ1n) is 6.53. The lowest BCUT2D eigenvalue weighted by Gasteiger charge is -2.09. The van der Waals surface area contributed by atoms with Crippen molar-refractivity contribution in [3.8, 4) is 0 Å². The maximum atomic E-state index is 10.7. The maximum absolute atomic E-state index is 10.7. The highest BCUT2D eigenvalue weighted by Gasteiger charge is 2.06. The van der Waals surface area contributed by atoms with E-state index in [-0.39, 0.29) is 11.7 Å². The van der Waals surface area contributed by atoms with Gasteiger partial charge in [0.1, 0.15) is 0 Å². The number of sulfone groups is 1. The van der Waals surface area contributed by atoms with Gasteiger partial charge in [-0.05, 0) is 18.3 Å². The van der Waals surface area contributed by atoms with Gasteiger partial charge in [-0.2, -0.15) is 0 Å². The third-order valence-electron chi connectivity index (χ3n) is 1.49. The van der Waals surface area contributed by atoms with Gasteiger partial charge in [0.15, 0.2) is 9.84 Å². The molecule has 0 amide bonds. The first-order valence-corrected chi connectivity index (χ1v) is 8.24. The van der Waals surface area contributed by atoms with Crippen LogP contribution in [-0.4, -0.2) is 14.2 Å². The Morgan fingerprint density at radius 3 is 1.61 bits per heavy atom. The van der Waals surface area contributed by atoms with Crippen molar-refractivity contribution in [2.45, 2.75) is 55.4 Å². The van der Waals surface area contributed by atoms with E-state index < -0.39 is 9.84 Å². The molecule has 0 rings (SSSR count). The summed E-state index contributed by atoms with van der Waals surface area (Å²) < 4.78 is 21.4. The third-order valence-corrected chi connectivity index (χ3v) is 3.13. The Bertz CT molecular complexity index is 304. The van der Waals surface area contributed by atoms with Crippen molar-refractivity contribution in [2.75, 3.05) is 5.75 Å². The second-order valence-electron chi connectivity index (χ2n) is 5.26. The zero-order valence-corrected chi connectivity index (χ0v) is 14.3. The van der Waals surface area contributed by atoms with Gasteiger partial charge in [0.25, 0.3) is 0 Å². The predicted molar refractivity (Wildman–Crippen MR) is 84.4 cm³/mol. The van der Waals surface area contributed by atoms with Crippen LogP contribution in [0, 0.1) is 11.3 Å². The number of hydrogen-bond donors (Lipinski definition) is 0. The Labute approximate surface area is 115 Å². The van der Waals surface area contributed by atoms with Crippen molar-refractivity contribution < 1.29 is 8.42 Å². The molecule has 0 atom stereocenters. The molecule has 0 aromatic heterocycles. The molecule has 2 nitrogen and oxygen atoms in total. The molecule has 0 N–H and O–H groups in total. The maximum Gasteiger partial charge on any atom is 0.171 e. The van der Waals surface area contributed by atoms with Gasteiger partial charge in [-0.15, -0.1) is 0 Å². The van der Waals surface area contributed by atoms with Crippen molar-refractivity contribution in [3.05, 3.63) is 24.1 Å². The molecule has 0 saturated heterocycles. The van der Waals surface area contributed by atoms with E-state index in [0.717, 1.165) is 5.41 Å². The fraction of sp³-hybridized carbons (Fsp3) is 0.733. The van der Waals surface area contributed by atoms with Crippen LogP contribution in [0.15, 0.2) is 24.1 Å². The van der Waals surface area contributed by atoms with E-state index in [1.807, 2.05) is 34.6 Å². The van der Waals surface area contributed by atoms with Crippen molar-refractivity contribution in [2.24, 2.45) is 11.3 Å².